The summed E-state index contributed by atoms with van der Waals surface area (Å²) in [6, 6.07) is 18.8. The van der Waals surface area contributed by atoms with Crippen LogP contribution >= 0.6 is 0 Å². The summed E-state index contributed by atoms with van der Waals surface area (Å²) in [6.45, 7) is 10.4. The largest absolute Gasteiger partial charge is 0.497 e. The molecule has 0 aliphatic carbocycles. The lowest BCUT2D eigenvalue weighted by molar-refractivity contribution is -0.150. The minimum Gasteiger partial charge on any atom is -0.497 e. The fourth-order valence-electron chi connectivity index (χ4n) is 10.9. The fraction of sp³-hybridized carbons (Fsp3) is 0.551. The summed E-state index contributed by atoms with van der Waals surface area (Å²) in [4.78, 5) is 62.1. The molecule has 15 heteroatoms. The molecule has 1 unspecified atom stereocenters. The van der Waals surface area contributed by atoms with Crippen LogP contribution in [0.3, 0.4) is 0 Å². The summed E-state index contributed by atoms with van der Waals surface area (Å²) in [5.74, 6) is 0.240. The predicted molar refractivity (Wildman–Crippen MR) is 247 cm³/mol. The first-order valence-electron chi connectivity index (χ1n) is 23.0. The molecular weight excluding hydrogens is 833 g/mol. The minimum atomic E-state index is -2.62. The zero-order valence-corrected chi connectivity index (χ0v) is 39.3. The number of unbranched alkanes of at least 4 members (excludes halogenated alkanes) is 2. The van der Waals surface area contributed by atoms with Gasteiger partial charge >= 0.3 is 5.97 Å². The Labute approximate surface area is 378 Å². The lowest BCUT2D eigenvalue weighted by Gasteiger charge is -2.37. The van der Waals surface area contributed by atoms with Crippen molar-refractivity contribution in [3.05, 3.63) is 71.8 Å². The van der Waals surface area contributed by atoms with Gasteiger partial charge in [0.15, 0.2) is 5.60 Å². The summed E-state index contributed by atoms with van der Waals surface area (Å²) in [6.07, 6.45) is 3.99. The molecule has 1 spiro atoms. The fourth-order valence-corrected chi connectivity index (χ4v) is 14.9. The van der Waals surface area contributed by atoms with Crippen molar-refractivity contribution in [1.29, 1.82) is 0 Å². The number of fused-ring (bicyclic) bond motifs is 3. The van der Waals surface area contributed by atoms with Gasteiger partial charge in [-0.3, -0.25) is 24.1 Å². The summed E-state index contributed by atoms with van der Waals surface area (Å²) >= 11 is 0. The van der Waals surface area contributed by atoms with E-state index in [1.54, 1.807) is 21.8 Å². The number of ether oxygens (including phenoxy) is 4. The van der Waals surface area contributed by atoms with Crippen LogP contribution in [0.4, 0.5) is 17.1 Å². The molecule has 3 amide bonds. The highest BCUT2D eigenvalue weighted by Crippen LogP contribution is 2.61. The maximum absolute atomic E-state index is 15.6. The van der Waals surface area contributed by atoms with Crippen LogP contribution in [0.1, 0.15) is 76.3 Å². The van der Waals surface area contributed by atoms with E-state index in [4.69, 9.17) is 18.9 Å². The molecule has 7 rings (SSSR count). The van der Waals surface area contributed by atoms with Gasteiger partial charge in [-0.2, -0.15) is 0 Å². The third-order valence-electron chi connectivity index (χ3n) is 14.1. The number of aliphatic hydroxyl groups excluding tert-OH is 2. The average molecular weight is 899 g/mol. The van der Waals surface area contributed by atoms with E-state index in [1.807, 2.05) is 55.5 Å². The number of hydrogen-bond donors (Lipinski definition) is 3. The molecule has 64 heavy (non-hydrogen) atoms. The molecule has 3 N–H and O–H groups in total. The van der Waals surface area contributed by atoms with Crippen molar-refractivity contribution in [2.24, 2.45) is 5.92 Å². The molecule has 0 saturated carbocycles. The number of anilines is 3. The zero-order valence-electron chi connectivity index (χ0n) is 38.3. The van der Waals surface area contributed by atoms with E-state index in [1.165, 1.54) is 7.11 Å². The number of likely N-dealkylation sites (tertiary alicyclic amines) is 1. The number of esters is 1. The molecule has 6 atom stereocenters. The highest BCUT2D eigenvalue weighted by Gasteiger charge is 2.66. The van der Waals surface area contributed by atoms with Crippen LogP contribution < -0.4 is 29.8 Å². The number of methoxy groups -OCH3 is 2. The molecule has 4 heterocycles. The number of carbonyl (C=O) groups is 4. The Kier molecular flexibility index (Phi) is 14.9. The van der Waals surface area contributed by atoms with Crippen molar-refractivity contribution >= 4 is 54.0 Å². The Bertz CT molecular complexity index is 2170. The normalized spacial score (nSPS) is 24.1. The van der Waals surface area contributed by atoms with Gasteiger partial charge in [-0.1, -0.05) is 37.3 Å². The van der Waals surface area contributed by atoms with E-state index in [2.05, 4.69) is 37.5 Å². The lowest BCUT2D eigenvalue weighted by atomic mass is 9.82. The Hall–Kier alpha value is -4.80. The summed E-state index contributed by atoms with van der Waals surface area (Å²) in [5.41, 5.74) is 1.82. The molecule has 0 aromatic heterocycles. The molecule has 3 aromatic carbocycles. The SMILES string of the molecule is CCOc1ccc2c(c1)CC(NCCCCO)C(=O)N2c1ccc2c(c1)[C@@]1(O[C@H](CC(=O)N3CCC[C@H]3CO)[C@@H]([Si](C)(C)c3ccc(OC)cc3)[C@@H]1C)C(=O)N2CCCCC(=O)OC. The average Bonchev–Trinajstić information content (AvgIpc) is 3.96. The summed E-state index contributed by atoms with van der Waals surface area (Å²) < 4.78 is 23.7. The smallest absolute Gasteiger partial charge is 0.305 e. The van der Waals surface area contributed by atoms with Crippen LogP contribution in [-0.2, 0) is 40.7 Å². The first-order chi connectivity index (χ1) is 30.8. The van der Waals surface area contributed by atoms with Crippen LogP contribution in [-0.4, -0.2) is 119 Å². The Morgan fingerprint density at radius 2 is 1.70 bits per heavy atom. The number of amides is 3. The number of nitrogens with one attached hydrogen (secondary N) is 1. The van der Waals surface area contributed by atoms with E-state index < -0.39 is 31.7 Å². The number of nitrogens with zero attached hydrogens (tertiary/aromatic N) is 3. The van der Waals surface area contributed by atoms with Gasteiger partial charge in [0.05, 0.1) is 71.5 Å². The molecule has 2 saturated heterocycles. The van der Waals surface area contributed by atoms with Gasteiger partial charge in [-0.15, -0.1) is 0 Å². The number of rotatable bonds is 19. The number of hydrogen-bond acceptors (Lipinski definition) is 11. The van der Waals surface area contributed by atoms with E-state index in [9.17, 15) is 24.6 Å². The van der Waals surface area contributed by atoms with Gasteiger partial charge < -0.3 is 44.3 Å². The molecule has 0 radical (unpaired) electrons. The van der Waals surface area contributed by atoms with Crippen molar-refractivity contribution in [2.45, 2.75) is 114 Å². The molecule has 3 aromatic rings. The van der Waals surface area contributed by atoms with Crippen LogP contribution in [0.5, 0.6) is 11.5 Å². The van der Waals surface area contributed by atoms with Crippen molar-refractivity contribution in [3.63, 3.8) is 0 Å². The molecule has 346 valence electrons. The standard InChI is InChI=1S/C49H66N4O10Si/c1-7-62-37-18-22-41-33(27-37)28-40(50-23-9-11-26-54)47(58)53(41)34-15-21-42-39(29-34)49(48(59)52(42)24-10-8-14-45(57)61-4)32(2)46(64(5,6)38-19-16-36(60-3)17-20-38)43(63-49)30-44(56)51-25-12-13-35(51)31-55/h15-22,27,29,32,35,40,43,46,50,54-55H,7-14,23-26,28,30-31H2,1-6H3/t32-,35-,40?,43+,46-,49+/m0/s1. The van der Waals surface area contributed by atoms with Crippen molar-refractivity contribution in [3.8, 4) is 11.5 Å². The highest BCUT2D eigenvalue weighted by atomic mass is 28.3. The quantitative estimate of drug-likeness (QED) is 0.0810. The van der Waals surface area contributed by atoms with Crippen LogP contribution in [0.2, 0.25) is 18.6 Å². The molecule has 14 nitrogen and oxygen atoms in total. The molecule has 2 fully saturated rings. The van der Waals surface area contributed by atoms with Gasteiger partial charge in [-0.05, 0) is 118 Å². The van der Waals surface area contributed by atoms with Gasteiger partial charge in [0.2, 0.25) is 11.8 Å². The third kappa shape index (κ3) is 8.93. The van der Waals surface area contributed by atoms with E-state index in [-0.39, 0.29) is 61.3 Å². The summed E-state index contributed by atoms with van der Waals surface area (Å²) in [5, 5.41) is 24.2. The number of carbonyl (C=O) groups excluding carboxylic acids is 4. The topological polar surface area (TPSA) is 167 Å². The Morgan fingerprint density at radius 3 is 2.41 bits per heavy atom. The van der Waals surface area contributed by atoms with E-state index in [0.717, 1.165) is 35.0 Å². The van der Waals surface area contributed by atoms with E-state index in [0.29, 0.717) is 81.0 Å². The Morgan fingerprint density at radius 1 is 0.953 bits per heavy atom. The second kappa shape index (κ2) is 20.2. The van der Waals surface area contributed by atoms with Crippen LogP contribution in [0, 0.1) is 5.92 Å². The van der Waals surface area contributed by atoms with Crippen molar-refractivity contribution in [1.82, 2.24) is 10.2 Å². The maximum Gasteiger partial charge on any atom is 0.305 e. The molecular formula is C49H66N4O10Si. The van der Waals surface area contributed by atoms with Gasteiger partial charge in [0.1, 0.15) is 11.5 Å². The van der Waals surface area contributed by atoms with E-state index >= 15 is 4.79 Å². The van der Waals surface area contributed by atoms with Gasteiger partial charge in [0.25, 0.3) is 5.91 Å². The monoisotopic (exact) mass is 898 g/mol. The first kappa shape index (κ1) is 47.2. The number of aliphatic hydroxyl groups is 2. The first-order valence-corrected chi connectivity index (χ1v) is 26.1. The summed E-state index contributed by atoms with van der Waals surface area (Å²) in [7, 11) is 0.378. The van der Waals surface area contributed by atoms with Crippen LogP contribution in [0.25, 0.3) is 0 Å². The maximum atomic E-state index is 15.6. The minimum absolute atomic E-state index is 0.0467. The molecule has 0 bridgehead atoms. The van der Waals surface area contributed by atoms with Crippen LogP contribution in [0.15, 0.2) is 60.7 Å². The highest BCUT2D eigenvalue weighted by molar-refractivity contribution is 6.91. The van der Waals surface area contributed by atoms with Gasteiger partial charge in [0, 0.05) is 43.3 Å². The second-order valence-corrected chi connectivity index (χ2v) is 22.8. The van der Waals surface area contributed by atoms with Gasteiger partial charge in [-0.25, -0.2) is 0 Å². The van der Waals surface area contributed by atoms with Crippen molar-refractivity contribution < 1.29 is 48.3 Å². The second-order valence-electron chi connectivity index (χ2n) is 18.2. The predicted octanol–water partition coefficient (Wildman–Crippen LogP) is 5.32. The lowest BCUT2D eigenvalue weighted by Crippen LogP contribution is -2.52. The zero-order chi connectivity index (χ0) is 45.8. The Balaban J connectivity index is 1.35. The van der Waals surface area contributed by atoms with Crippen molar-refractivity contribution in [2.75, 3.05) is 63.5 Å². The molecule has 4 aliphatic heterocycles. The molecule has 4 aliphatic rings. The number of benzene rings is 3. The third-order valence-corrected chi connectivity index (χ3v) is 18.5.